The lowest BCUT2D eigenvalue weighted by molar-refractivity contribution is -0.305. The number of benzene rings is 1. The smallest absolute Gasteiger partial charge is 0.122 e. The number of rotatable bonds is 3. The Balaban J connectivity index is 3.11. The number of carbonyl (C=O) groups excluding carboxylic acids is 1. The minimum atomic E-state index is -1.05. The van der Waals surface area contributed by atoms with Crippen molar-refractivity contribution >= 4 is 5.97 Å². The number of aromatic hydroxyl groups is 1. The number of hydrogen-bond acceptors (Lipinski definition) is 3. The predicted molar refractivity (Wildman–Crippen MR) is 64.9 cm³/mol. The highest BCUT2D eigenvalue weighted by molar-refractivity contribution is 5.64. The summed E-state index contributed by atoms with van der Waals surface area (Å²) < 4.78 is 0. The van der Waals surface area contributed by atoms with Gasteiger partial charge in [0.1, 0.15) is 5.75 Å². The normalized spacial score (nSPS) is 11.5. The first-order valence-corrected chi connectivity index (χ1v) is 5.74. The Morgan fingerprint density at radius 2 is 1.94 bits per heavy atom. The Morgan fingerprint density at radius 1 is 1.35 bits per heavy atom. The van der Waals surface area contributed by atoms with E-state index in [2.05, 4.69) is 0 Å². The standard InChI is InChI=1S/C14H20O3/c1-9-7-10(5-6-12(15)16)8-11(13(9)17)14(2,3)4/h7-8,17H,5-6H2,1-4H3,(H,15,16)/p-1. The lowest BCUT2D eigenvalue weighted by Gasteiger charge is -2.22. The quantitative estimate of drug-likeness (QED) is 0.867. The maximum absolute atomic E-state index is 10.4. The maximum Gasteiger partial charge on any atom is 0.122 e. The summed E-state index contributed by atoms with van der Waals surface area (Å²) in [7, 11) is 0. The van der Waals surface area contributed by atoms with E-state index in [0.717, 1.165) is 16.7 Å². The molecule has 0 bridgehead atoms. The average Bonchev–Trinajstić information content (AvgIpc) is 2.17. The van der Waals surface area contributed by atoms with Gasteiger partial charge in [-0.1, -0.05) is 32.9 Å². The fraction of sp³-hybridized carbons (Fsp3) is 0.500. The molecular formula is C14H19O3-. The number of carboxylic acids is 1. The van der Waals surface area contributed by atoms with E-state index in [1.54, 1.807) is 0 Å². The Morgan fingerprint density at radius 3 is 2.41 bits per heavy atom. The molecule has 0 fully saturated rings. The van der Waals surface area contributed by atoms with E-state index in [9.17, 15) is 15.0 Å². The van der Waals surface area contributed by atoms with Crippen molar-refractivity contribution in [1.29, 1.82) is 0 Å². The molecule has 3 nitrogen and oxygen atoms in total. The highest BCUT2D eigenvalue weighted by atomic mass is 16.4. The van der Waals surface area contributed by atoms with Crippen molar-refractivity contribution in [1.82, 2.24) is 0 Å². The fourth-order valence-corrected chi connectivity index (χ4v) is 1.82. The van der Waals surface area contributed by atoms with Crippen LogP contribution in [0.4, 0.5) is 0 Å². The van der Waals surface area contributed by atoms with Crippen LogP contribution in [0, 0.1) is 6.92 Å². The van der Waals surface area contributed by atoms with Gasteiger partial charge in [-0.05, 0) is 41.9 Å². The molecular weight excluding hydrogens is 216 g/mol. The largest absolute Gasteiger partial charge is 0.550 e. The molecule has 0 amide bonds. The second kappa shape index (κ2) is 4.78. The minimum Gasteiger partial charge on any atom is -0.550 e. The van der Waals surface area contributed by atoms with Crippen LogP contribution in [0.2, 0.25) is 0 Å². The number of phenols is 1. The van der Waals surface area contributed by atoms with Crippen LogP contribution in [0.25, 0.3) is 0 Å². The van der Waals surface area contributed by atoms with Crippen LogP contribution in [0.5, 0.6) is 5.75 Å². The highest BCUT2D eigenvalue weighted by Crippen LogP contribution is 2.34. The number of aliphatic carboxylic acids is 1. The van der Waals surface area contributed by atoms with Gasteiger partial charge in [0.05, 0.1) is 0 Å². The Kier molecular flexibility index (Phi) is 3.81. The molecule has 0 aliphatic carbocycles. The molecule has 0 aliphatic heterocycles. The second-order valence-electron chi connectivity index (χ2n) is 5.43. The van der Waals surface area contributed by atoms with Gasteiger partial charge in [0.2, 0.25) is 0 Å². The number of phenolic OH excluding ortho intramolecular Hbond substituents is 1. The molecule has 0 saturated carbocycles. The molecule has 0 saturated heterocycles. The van der Waals surface area contributed by atoms with E-state index < -0.39 is 5.97 Å². The van der Waals surface area contributed by atoms with Crippen molar-refractivity contribution < 1.29 is 15.0 Å². The molecule has 0 unspecified atom stereocenters. The van der Waals surface area contributed by atoms with Gasteiger partial charge >= 0.3 is 0 Å². The molecule has 1 aromatic carbocycles. The molecule has 1 N–H and O–H groups in total. The second-order valence-corrected chi connectivity index (χ2v) is 5.43. The summed E-state index contributed by atoms with van der Waals surface area (Å²) in [6.07, 6.45) is 0.445. The Hall–Kier alpha value is -1.51. The van der Waals surface area contributed by atoms with Crippen LogP contribution in [-0.2, 0) is 16.6 Å². The van der Waals surface area contributed by atoms with Gasteiger partial charge in [0.25, 0.3) is 0 Å². The van der Waals surface area contributed by atoms with Crippen molar-refractivity contribution in [3.8, 4) is 5.75 Å². The summed E-state index contributed by atoms with van der Waals surface area (Å²) in [4.78, 5) is 10.4. The Bertz CT molecular complexity index is 428. The minimum absolute atomic E-state index is 0.00774. The van der Waals surface area contributed by atoms with Gasteiger partial charge in [-0.25, -0.2) is 0 Å². The molecule has 0 radical (unpaired) electrons. The van der Waals surface area contributed by atoms with Gasteiger partial charge < -0.3 is 15.0 Å². The van der Waals surface area contributed by atoms with Gasteiger partial charge in [0.15, 0.2) is 0 Å². The zero-order valence-electron chi connectivity index (χ0n) is 10.8. The first kappa shape index (κ1) is 13.6. The molecule has 1 rings (SSSR count). The Labute approximate surface area is 102 Å². The maximum atomic E-state index is 10.4. The molecule has 0 atom stereocenters. The summed E-state index contributed by atoms with van der Waals surface area (Å²) in [5.41, 5.74) is 2.40. The molecule has 0 aliphatic rings. The van der Waals surface area contributed by atoms with Crippen LogP contribution in [0.3, 0.4) is 0 Å². The van der Waals surface area contributed by atoms with E-state index in [0.29, 0.717) is 12.2 Å². The SMILES string of the molecule is Cc1cc(CCC(=O)[O-])cc(C(C)(C)C)c1O. The van der Waals surface area contributed by atoms with Gasteiger partial charge in [-0.15, -0.1) is 0 Å². The number of hydrogen-bond donors (Lipinski definition) is 1. The van der Waals surface area contributed by atoms with Crippen LogP contribution in [-0.4, -0.2) is 11.1 Å². The molecule has 1 aromatic rings. The summed E-state index contributed by atoms with van der Waals surface area (Å²) in [5.74, 6) is -0.747. The third kappa shape index (κ3) is 3.48. The number of carbonyl (C=O) groups is 1. The van der Waals surface area contributed by atoms with E-state index >= 15 is 0 Å². The lowest BCUT2D eigenvalue weighted by Crippen LogP contribution is -2.22. The summed E-state index contributed by atoms with van der Waals surface area (Å²) in [5, 5.41) is 20.5. The molecule has 0 spiro atoms. The van der Waals surface area contributed by atoms with Crippen molar-refractivity contribution in [3.63, 3.8) is 0 Å². The summed E-state index contributed by atoms with van der Waals surface area (Å²) in [6.45, 7) is 7.88. The number of aryl methyl sites for hydroxylation is 2. The van der Waals surface area contributed by atoms with E-state index in [1.807, 2.05) is 39.8 Å². The predicted octanol–water partition coefficient (Wildman–Crippen LogP) is 1.68. The van der Waals surface area contributed by atoms with Gasteiger partial charge in [-0.2, -0.15) is 0 Å². The highest BCUT2D eigenvalue weighted by Gasteiger charge is 2.19. The fourth-order valence-electron chi connectivity index (χ4n) is 1.82. The molecule has 0 aromatic heterocycles. The van der Waals surface area contributed by atoms with Crippen LogP contribution in [0.15, 0.2) is 12.1 Å². The number of carboxylic acid groups (broad SMARTS) is 1. The molecule has 17 heavy (non-hydrogen) atoms. The van der Waals surface area contributed by atoms with Crippen LogP contribution >= 0.6 is 0 Å². The molecule has 94 valence electrons. The topological polar surface area (TPSA) is 60.4 Å². The van der Waals surface area contributed by atoms with Crippen LogP contribution < -0.4 is 5.11 Å². The third-order valence-corrected chi connectivity index (χ3v) is 2.79. The van der Waals surface area contributed by atoms with Crippen molar-refractivity contribution in [2.24, 2.45) is 0 Å². The summed E-state index contributed by atoms with van der Waals surface area (Å²) in [6, 6.07) is 3.71. The van der Waals surface area contributed by atoms with Crippen LogP contribution in [0.1, 0.15) is 43.9 Å². The van der Waals surface area contributed by atoms with Gasteiger partial charge in [-0.3, -0.25) is 0 Å². The van der Waals surface area contributed by atoms with E-state index in [4.69, 9.17) is 0 Å². The van der Waals surface area contributed by atoms with Crippen molar-refractivity contribution in [2.45, 2.75) is 46.0 Å². The summed E-state index contributed by atoms with van der Waals surface area (Å²) >= 11 is 0. The van der Waals surface area contributed by atoms with Crippen molar-refractivity contribution in [3.05, 3.63) is 28.8 Å². The average molecular weight is 235 g/mol. The van der Waals surface area contributed by atoms with E-state index in [1.165, 1.54) is 0 Å². The van der Waals surface area contributed by atoms with E-state index in [-0.39, 0.29) is 11.8 Å². The third-order valence-electron chi connectivity index (χ3n) is 2.79. The zero-order chi connectivity index (χ0) is 13.2. The van der Waals surface area contributed by atoms with Gasteiger partial charge in [0, 0.05) is 5.97 Å². The monoisotopic (exact) mass is 235 g/mol. The molecule has 0 heterocycles. The van der Waals surface area contributed by atoms with Crippen molar-refractivity contribution in [2.75, 3.05) is 0 Å². The first-order valence-electron chi connectivity index (χ1n) is 5.74. The zero-order valence-corrected chi connectivity index (χ0v) is 10.8. The first-order chi connectivity index (χ1) is 7.71. The molecule has 3 heteroatoms. The lowest BCUT2D eigenvalue weighted by atomic mass is 9.83.